The van der Waals surface area contributed by atoms with Gasteiger partial charge >= 0.3 is 0 Å². The summed E-state index contributed by atoms with van der Waals surface area (Å²) < 4.78 is 0. The van der Waals surface area contributed by atoms with E-state index in [9.17, 15) is 5.11 Å². The maximum absolute atomic E-state index is 11.1. The average molecular weight is 278 g/mol. The predicted octanol–water partition coefficient (Wildman–Crippen LogP) is 5.17. The van der Waals surface area contributed by atoms with Crippen LogP contribution in [0, 0.1) is 28.1 Å². The minimum Gasteiger partial charge on any atom is -0.393 e. The first-order valence-electron chi connectivity index (χ1n) is 9.00. The molecule has 0 radical (unpaired) electrons. The number of hydrogen-bond acceptors (Lipinski definition) is 1. The summed E-state index contributed by atoms with van der Waals surface area (Å²) in [6, 6.07) is 0. The molecule has 4 saturated carbocycles. The van der Waals surface area contributed by atoms with E-state index >= 15 is 0 Å². The van der Waals surface area contributed by atoms with Crippen LogP contribution in [0.4, 0.5) is 0 Å². The van der Waals surface area contributed by atoms with E-state index < -0.39 is 0 Å². The number of hydrogen-bond donors (Lipinski definition) is 1. The lowest BCUT2D eigenvalue weighted by Gasteiger charge is -2.66. The lowest BCUT2D eigenvalue weighted by atomic mass is 9.39. The van der Waals surface area contributed by atoms with Crippen molar-refractivity contribution in [2.24, 2.45) is 28.1 Å². The summed E-state index contributed by atoms with van der Waals surface area (Å²) in [5.41, 5.74) is 1.33. The Hall–Kier alpha value is -0.0400. The molecule has 0 spiro atoms. The van der Waals surface area contributed by atoms with E-state index in [4.69, 9.17) is 0 Å². The van der Waals surface area contributed by atoms with E-state index in [1.165, 1.54) is 51.4 Å². The molecular formula is C19H34O. The molecule has 1 nitrogen and oxygen atoms in total. The molecule has 20 heavy (non-hydrogen) atoms. The highest BCUT2D eigenvalue weighted by atomic mass is 16.3. The molecular weight excluding hydrogens is 244 g/mol. The van der Waals surface area contributed by atoms with Gasteiger partial charge in [0.25, 0.3) is 0 Å². The Morgan fingerprint density at radius 3 is 1.95 bits per heavy atom. The van der Waals surface area contributed by atoms with Crippen LogP contribution in [-0.4, -0.2) is 11.2 Å². The van der Waals surface area contributed by atoms with E-state index in [1.54, 1.807) is 0 Å². The van der Waals surface area contributed by atoms with Crippen molar-refractivity contribution in [2.75, 3.05) is 0 Å². The molecule has 0 aliphatic heterocycles. The van der Waals surface area contributed by atoms with Gasteiger partial charge in [-0.25, -0.2) is 0 Å². The molecule has 0 aromatic carbocycles. The van der Waals surface area contributed by atoms with Crippen molar-refractivity contribution in [3.63, 3.8) is 0 Å². The zero-order valence-electron chi connectivity index (χ0n) is 14.0. The summed E-state index contributed by atoms with van der Waals surface area (Å²) in [6.07, 6.45) is 11.6. The highest BCUT2D eigenvalue weighted by molar-refractivity contribution is 5.12. The van der Waals surface area contributed by atoms with Gasteiger partial charge in [-0.15, -0.1) is 0 Å². The van der Waals surface area contributed by atoms with Gasteiger partial charge in [0.2, 0.25) is 0 Å². The van der Waals surface area contributed by atoms with Crippen LogP contribution in [0.5, 0.6) is 0 Å². The highest BCUT2D eigenvalue weighted by Gasteiger charge is 2.61. The van der Waals surface area contributed by atoms with Gasteiger partial charge in [-0.3, -0.25) is 0 Å². The van der Waals surface area contributed by atoms with Crippen molar-refractivity contribution in [1.82, 2.24) is 0 Å². The van der Waals surface area contributed by atoms with Crippen LogP contribution in [-0.2, 0) is 0 Å². The lowest BCUT2D eigenvalue weighted by molar-refractivity contribution is -0.188. The van der Waals surface area contributed by atoms with Gasteiger partial charge in [-0.05, 0) is 73.0 Å². The molecule has 4 bridgehead atoms. The van der Waals surface area contributed by atoms with Crippen LogP contribution in [0.1, 0.15) is 85.5 Å². The Kier molecular flexibility index (Phi) is 3.52. The quantitative estimate of drug-likeness (QED) is 0.735. The summed E-state index contributed by atoms with van der Waals surface area (Å²) in [7, 11) is 0. The molecule has 3 atom stereocenters. The fourth-order valence-electron chi connectivity index (χ4n) is 7.10. The molecule has 0 aromatic heterocycles. The molecule has 0 aromatic rings. The van der Waals surface area contributed by atoms with Crippen molar-refractivity contribution in [3.05, 3.63) is 0 Å². The maximum Gasteiger partial charge on any atom is 0.0599 e. The Morgan fingerprint density at radius 1 is 0.950 bits per heavy atom. The molecule has 1 heteroatoms. The van der Waals surface area contributed by atoms with Gasteiger partial charge < -0.3 is 5.11 Å². The van der Waals surface area contributed by atoms with Gasteiger partial charge in [0, 0.05) is 0 Å². The van der Waals surface area contributed by atoms with E-state index in [0.717, 1.165) is 18.3 Å². The van der Waals surface area contributed by atoms with Crippen LogP contribution in [0.15, 0.2) is 0 Å². The molecule has 4 fully saturated rings. The molecule has 4 rings (SSSR count). The van der Waals surface area contributed by atoms with E-state index in [-0.39, 0.29) is 11.5 Å². The maximum atomic E-state index is 11.1. The third-order valence-corrected chi connectivity index (χ3v) is 7.09. The summed E-state index contributed by atoms with van der Waals surface area (Å²) in [6.45, 7) is 9.58. The first-order chi connectivity index (χ1) is 9.32. The van der Waals surface area contributed by atoms with Crippen molar-refractivity contribution in [3.8, 4) is 0 Å². The molecule has 4 aliphatic rings. The van der Waals surface area contributed by atoms with Crippen molar-refractivity contribution >= 4 is 0 Å². The number of aliphatic hydroxyl groups is 1. The minimum absolute atomic E-state index is 0.0468. The lowest BCUT2D eigenvalue weighted by Crippen LogP contribution is -2.58. The van der Waals surface area contributed by atoms with Gasteiger partial charge in [-0.2, -0.15) is 0 Å². The standard InChI is InChI=1S/C19H34O/c1-5-14(6-2)7-16(20)19-10-15-8-17(3,12-19)11-18(4,9-15)13-19/h14-16,20H,5-13H2,1-4H3. The Bertz CT molecular complexity index is 352. The third-order valence-electron chi connectivity index (χ3n) is 7.09. The van der Waals surface area contributed by atoms with Crippen LogP contribution < -0.4 is 0 Å². The normalized spacial score (nSPS) is 48.0. The topological polar surface area (TPSA) is 20.2 Å². The largest absolute Gasteiger partial charge is 0.393 e. The molecule has 0 heterocycles. The van der Waals surface area contributed by atoms with E-state index in [0.29, 0.717) is 10.8 Å². The Balaban J connectivity index is 1.81. The monoisotopic (exact) mass is 278 g/mol. The molecule has 116 valence electrons. The van der Waals surface area contributed by atoms with Crippen molar-refractivity contribution < 1.29 is 5.11 Å². The van der Waals surface area contributed by atoms with Crippen molar-refractivity contribution in [2.45, 2.75) is 91.6 Å². The van der Waals surface area contributed by atoms with Gasteiger partial charge in [-0.1, -0.05) is 40.5 Å². The molecule has 3 unspecified atom stereocenters. The van der Waals surface area contributed by atoms with Gasteiger partial charge in [0.1, 0.15) is 0 Å². The summed E-state index contributed by atoms with van der Waals surface area (Å²) >= 11 is 0. The Labute approximate surface area is 125 Å². The minimum atomic E-state index is -0.0468. The second-order valence-corrected chi connectivity index (χ2v) is 9.43. The van der Waals surface area contributed by atoms with Crippen LogP contribution in [0.25, 0.3) is 0 Å². The fourth-order valence-corrected chi connectivity index (χ4v) is 7.10. The summed E-state index contributed by atoms with van der Waals surface area (Å²) in [5.74, 6) is 1.62. The third kappa shape index (κ3) is 2.34. The van der Waals surface area contributed by atoms with E-state index in [1.807, 2.05) is 0 Å². The molecule has 0 amide bonds. The first kappa shape index (κ1) is 14.9. The van der Waals surface area contributed by atoms with Crippen molar-refractivity contribution in [1.29, 1.82) is 0 Å². The molecule has 1 N–H and O–H groups in total. The number of aliphatic hydroxyl groups excluding tert-OH is 1. The summed E-state index contributed by atoms with van der Waals surface area (Å²) in [5, 5.41) is 11.1. The van der Waals surface area contributed by atoms with Gasteiger partial charge in [0.15, 0.2) is 0 Å². The fraction of sp³-hybridized carbons (Fsp3) is 1.00. The second-order valence-electron chi connectivity index (χ2n) is 9.43. The molecule has 0 saturated heterocycles. The SMILES string of the molecule is CCC(CC)CC(O)C12CC3CC(C)(CC(C)(C3)C1)C2. The average Bonchev–Trinajstić information content (AvgIpc) is 2.31. The smallest absolute Gasteiger partial charge is 0.0599 e. The first-order valence-corrected chi connectivity index (χ1v) is 9.00. The summed E-state index contributed by atoms with van der Waals surface area (Å²) in [4.78, 5) is 0. The zero-order chi connectivity index (χ0) is 14.6. The second kappa shape index (κ2) is 4.73. The predicted molar refractivity (Wildman–Crippen MR) is 84.5 cm³/mol. The highest BCUT2D eigenvalue weighted by Crippen LogP contribution is 2.70. The number of rotatable bonds is 5. The Morgan fingerprint density at radius 2 is 1.50 bits per heavy atom. The zero-order valence-corrected chi connectivity index (χ0v) is 14.0. The molecule has 4 aliphatic carbocycles. The van der Waals surface area contributed by atoms with E-state index in [2.05, 4.69) is 27.7 Å². The van der Waals surface area contributed by atoms with Crippen LogP contribution in [0.2, 0.25) is 0 Å². The van der Waals surface area contributed by atoms with Gasteiger partial charge in [0.05, 0.1) is 6.10 Å². The van der Waals surface area contributed by atoms with Crippen LogP contribution >= 0.6 is 0 Å². The van der Waals surface area contributed by atoms with Crippen LogP contribution in [0.3, 0.4) is 0 Å².